The Balaban J connectivity index is 2.14. The standard InChI is InChI=1S/C12H17ClN2O/c13-12-11(14-8-10(16)15-12)9-6-4-2-1-3-5-7-9/h8-9H,1-7H2,(H,15,16). The van der Waals surface area contributed by atoms with Gasteiger partial charge in [0, 0.05) is 5.92 Å². The Morgan fingerprint density at radius 3 is 2.38 bits per heavy atom. The van der Waals surface area contributed by atoms with E-state index < -0.39 is 0 Å². The van der Waals surface area contributed by atoms with E-state index in [9.17, 15) is 5.11 Å². The number of rotatable bonds is 1. The van der Waals surface area contributed by atoms with Crippen LogP contribution < -0.4 is 0 Å². The van der Waals surface area contributed by atoms with Gasteiger partial charge in [0.25, 0.3) is 0 Å². The summed E-state index contributed by atoms with van der Waals surface area (Å²) in [5, 5.41) is 9.54. The molecule has 1 aliphatic carbocycles. The summed E-state index contributed by atoms with van der Waals surface area (Å²) in [5.74, 6) is 0.320. The van der Waals surface area contributed by atoms with Gasteiger partial charge in [-0.25, -0.2) is 0 Å². The molecule has 4 heteroatoms. The third-order valence-electron chi connectivity index (χ3n) is 3.24. The van der Waals surface area contributed by atoms with E-state index in [1.165, 1.54) is 38.3 Å². The van der Waals surface area contributed by atoms with Crippen molar-refractivity contribution in [1.82, 2.24) is 9.97 Å². The summed E-state index contributed by atoms with van der Waals surface area (Å²) in [6.07, 6.45) is 10.1. The molecule has 0 spiro atoms. The van der Waals surface area contributed by atoms with Crippen molar-refractivity contribution in [1.29, 1.82) is 0 Å². The fourth-order valence-corrected chi connectivity index (χ4v) is 2.66. The molecule has 0 aromatic carbocycles. The van der Waals surface area contributed by atoms with Crippen LogP contribution in [-0.4, -0.2) is 15.1 Å². The Bertz CT molecular complexity index is 349. The highest BCUT2D eigenvalue weighted by Crippen LogP contribution is 2.33. The molecular formula is C12H17ClN2O. The van der Waals surface area contributed by atoms with Gasteiger partial charge in [-0.1, -0.05) is 43.7 Å². The van der Waals surface area contributed by atoms with Crippen LogP contribution in [-0.2, 0) is 0 Å². The first-order chi connectivity index (χ1) is 7.77. The van der Waals surface area contributed by atoms with E-state index in [0.29, 0.717) is 11.1 Å². The molecule has 16 heavy (non-hydrogen) atoms. The van der Waals surface area contributed by atoms with Gasteiger partial charge in [-0.3, -0.25) is 4.98 Å². The summed E-state index contributed by atoms with van der Waals surface area (Å²) < 4.78 is 0. The van der Waals surface area contributed by atoms with Crippen LogP contribution in [0.2, 0.25) is 5.15 Å². The first-order valence-corrected chi connectivity index (χ1v) is 6.36. The van der Waals surface area contributed by atoms with Crippen molar-refractivity contribution in [3.8, 4) is 5.88 Å². The number of halogens is 1. The fraction of sp³-hybridized carbons (Fsp3) is 0.667. The van der Waals surface area contributed by atoms with Crippen LogP contribution in [0.1, 0.15) is 56.6 Å². The summed E-state index contributed by atoms with van der Waals surface area (Å²) in [7, 11) is 0. The topological polar surface area (TPSA) is 46.0 Å². The van der Waals surface area contributed by atoms with Crippen LogP contribution in [0.4, 0.5) is 0 Å². The van der Waals surface area contributed by atoms with Crippen molar-refractivity contribution < 1.29 is 5.11 Å². The lowest BCUT2D eigenvalue weighted by Gasteiger charge is -2.19. The lowest BCUT2D eigenvalue weighted by Crippen LogP contribution is -2.06. The lowest BCUT2D eigenvalue weighted by molar-refractivity contribution is 0.435. The van der Waals surface area contributed by atoms with E-state index in [1.807, 2.05) is 0 Å². The van der Waals surface area contributed by atoms with E-state index in [0.717, 1.165) is 18.5 Å². The van der Waals surface area contributed by atoms with Crippen LogP contribution in [0.15, 0.2) is 6.20 Å². The number of nitrogens with zero attached hydrogens (tertiary/aromatic N) is 2. The molecule has 1 heterocycles. The smallest absolute Gasteiger partial charge is 0.231 e. The summed E-state index contributed by atoms with van der Waals surface area (Å²) in [6.45, 7) is 0. The van der Waals surface area contributed by atoms with E-state index in [1.54, 1.807) is 0 Å². The van der Waals surface area contributed by atoms with E-state index >= 15 is 0 Å². The minimum atomic E-state index is -0.0976. The zero-order chi connectivity index (χ0) is 11.4. The molecule has 0 unspecified atom stereocenters. The molecule has 1 aromatic rings. The van der Waals surface area contributed by atoms with Crippen LogP contribution in [0.3, 0.4) is 0 Å². The molecule has 0 bridgehead atoms. The van der Waals surface area contributed by atoms with E-state index in [2.05, 4.69) is 9.97 Å². The molecule has 88 valence electrons. The third kappa shape index (κ3) is 2.85. The Morgan fingerprint density at radius 2 is 1.75 bits per heavy atom. The Labute approximate surface area is 101 Å². The van der Waals surface area contributed by atoms with Crippen molar-refractivity contribution in [2.75, 3.05) is 0 Å². The molecule has 0 amide bonds. The second-order valence-corrected chi connectivity index (χ2v) is 4.80. The quantitative estimate of drug-likeness (QED) is 0.815. The van der Waals surface area contributed by atoms with Crippen molar-refractivity contribution in [2.45, 2.75) is 50.9 Å². The molecule has 0 aliphatic heterocycles. The Kier molecular flexibility index (Phi) is 3.99. The highest BCUT2D eigenvalue weighted by molar-refractivity contribution is 6.30. The van der Waals surface area contributed by atoms with Crippen molar-refractivity contribution in [3.63, 3.8) is 0 Å². The summed E-state index contributed by atoms with van der Waals surface area (Å²) in [6, 6.07) is 0. The van der Waals surface area contributed by atoms with Gasteiger partial charge in [-0.2, -0.15) is 4.98 Å². The number of aromatic hydroxyl groups is 1. The first kappa shape index (κ1) is 11.6. The first-order valence-electron chi connectivity index (χ1n) is 5.99. The van der Waals surface area contributed by atoms with Gasteiger partial charge in [0.1, 0.15) is 0 Å². The van der Waals surface area contributed by atoms with Gasteiger partial charge in [-0.05, 0) is 12.8 Å². The Hall–Kier alpha value is -0.830. The van der Waals surface area contributed by atoms with Gasteiger partial charge in [0.15, 0.2) is 5.15 Å². The van der Waals surface area contributed by atoms with Gasteiger partial charge in [-0.15, -0.1) is 0 Å². The minimum Gasteiger partial charge on any atom is -0.492 e. The highest BCUT2D eigenvalue weighted by Gasteiger charge is 2.18. The second-order valence-electron chi connectivity index (χ2n) is 4.45. The molecule has 3 nitrogen and oxygen atoms in total. The number of aromatic nitrogens is 2. The molecule has 1 aliphatic rings. The number of hydrogen-bond donors (Lipinski definition) is 1. The molecule has 2 rings (SSSR count). The molecule has 0 radical (unpaired) electrons. The zero-order valence-electron chi connectivity index (χ0n) is 9.32. The lowest BCUT2D eigenvalue weighted by atomic mass is 9.89. The minimum absolute atomic E-state index is 0.0976. The van der Waals surface area contributed by atoms with Gasteiger partial charge >= 0.3 is 0 Å². The number of hydrogen-bond acceptors (Lipinski definition) is 3. The van der Waals surface area contributed by atoms with Crippen molar-refractivity contribution in [2.24, 2.45) is 0 Å². The maximum atomic E-state index is 9.18. The molecule has 0 saturated heterocycles. The normalized spacial score (nSPS) is 19.1. The molecular weight excluding hydrogens is 224 g/mol. The van der Waals surface area contributed by atoms with Crippen LogP contribution in [0, 0.1) is 0 Å². The SMILES string of the molecule is Oc1cnc(C2CCCCCCC2)c(Cl)n1. The predicted molar refractivity (Wildman–Crippen MR) is 63.8 cm³/mol. The van der Waals surface area contributed by atoms with Crippen molar-refractivity contribution in [3.05, 3.63) is 17.0 Å². The zero-order valence-corrected chi connectivity index (χ0v) is 10.1. The van der Waals surface area contributed by atoms with E-state index in [-0.39, 0.29) is 5.88 Å². The fourth-order valence-electron chi connectivity index (χ4n) is 2.37. The van der Waals surface area contributed by atoms with Gasteiger partial charge < -0.3 is 5.11 Å². The average Bonchev–Trinajstić information content (AvgIpc) is 2.19. The van der Waals surface area contributed by atoms with Crippen LogP contribution >= 0.6 is 11.6 Å². The third-order valence-corrected chi connectivity index (χ3v) is 3.51. The maximum absolute atomic E-state index is 9.18. The second kappa shape index (κ2) is 5.48. The summed E-state index contributed by atoms with van der Waals surface area (Å²) in [4.78, 5) is 8.09. The summed E-state index contributed by atoms with van der Waals surface area (Å²) >= 11 is 6.02. The van der Waals surface area contributed by atoms with Crippen molar-refractivity contribution >= 4 is 11.6 Å². The van der Waals surface area contributed by atoms with Crippen LogP contribution in [0.25, 0.3) is 0 Å². The molecule has 1 fully saturated rings. The van der Waals surface area contributed by atoms with Crippen LogP contribution in [0.5, 0.6) is 5.88 Å². The Morgan fingerprint density at radius 1 is 1.12 bits per heavy atom. The maximum Gasteiger partial charge on any atom is 0.231 e. The molecule has 1 N–H and O–H groups in total. The predicted octanol–water partition coefficient (Wildman–Crippen LogP) is 3.66. The van der Waals surface area contributed by atoms with E-state index in [4.69, 9.17) is 11.6 Å². The average molecular weight is 241 g/mol. The van der Waals surface area contributed by atoms with Gasteiger partial charge in [0.05, 0.1) is 11.9 Å². The molecule has 1 aromatic heterocycles. The molecule has 0 atom stereocenters. The summed E-state index contributed by atoms with van der Waals surface area (Å²) in [5.41, 5.74) is 0.862. The monoisotopic (exact) mass is 240 g/mol. The molecule has 1 saturated carbocycles. The highest BCUT2D eigenvalue weighted by atomic mass is 35.5. The van der Waals surface area contributed by atoms with Gasteiger partial charge in [0.2, 0.25) is 5.88 Å². The largest absolute Gasteiger partial charge is 0.492 e.